The van der Waals surface area contributed by atoms with Crippen LogP contribution in [-0.4, -0.2) is 20.9 Å². The van der Waals surface area contributed by atoms with Crippen molar-refractivity contribution < 1.29 is 9.18 Å². The SMILES string of the molecule is Cc1ccc(-n2nc(S[C@H](C)C(=O)NCc3ccc(F)cc3)ccc2=O)cc1. The molecule has 5 nitrogen and oxygen atoms in total. The fourth-order valence-electron chi connectivity index (χ4n) is 2.50. The molecule has 0 spiro atoms. The van der Waals surface area contributed by atoms with Crippen molar-refractivity contribution in [2.75, 3.05) is 0 Å². The van der Waals surface area contributed by atoms with E-state index in [2.05, 4.69) is 10.4 Å². The highest BCUT2D eigenvalue weighted by Crippen LogP contribution is 2.20. The molecule has 1 heterocycles. The summed E-state index contributed by atoms with van der Waals surface area (Å²) in [6.45, 7) is 4.06. The third-order valence-electron chi connectivity index (χ3n) is 4.10. The van der Waals surface area contributed by atoms with Crippen LogP contribution in [0.3, 0.4) is 0 Å². The number of halogens is 1. The van der Waals surface area contributed by atoms with Crippen LogP contribution in [0.2, 0.25) is 0 Å². The Bertz CT molecular complexity index is 1020. The molecule has 3 rings (SSSR count). The van der Waals surface area contributed by atoms with E-state index in [0.29, 0.717) is 17.3 Å². The van der Waals surface area contributed by atoms with E-state index >= 15 is 0 Å². The number of carbonyl (C=O) groups excluding carboxylic acids is 1. The highest BCUT2D eigenvalue weighted by atomic mass is 32.2. The van der Waals surface area contributed by atoms with Crippen molar-refractivity contribution in [2.45, 2.75) is 30.7 Å². The molecule has 0 aliphatic heterocycles. The Hall–Kier alpha value is -2.93. The van der Waals surface area contributed by atoms with Gasteiger partial charge in [0.25, 0.3) is 5.56 Å². The van der Waals surface area contributed by atoms with Crippen LogP contribution < -0.4 is 10.9 Å². The number of benzene rings is 2. The summed E-state index contributed by atoms with van der Waals surface area (Å²) < 4.78 is 14.3. The molecule has 0 aliphatic rings. The zero-order valence-corrected chi connectivity index (χ0v) is 16.4. The van der Waals surface area contributed by atoms with Crippen LogP contribution in [0.5, 0.6) is 0 Å². The average molecular weight is 397 g/mol. The molecule has 0 aliphatic carbocycles. The first-order chi connectivity index (χ1) is 13.4. The third-order valence-corrected chi connectivity index (χ3v) is 5.13. The van der Waals surface area contributed by atoms with E-state index in [4.69, 9.17) is 0 Å². The molecule has 0 fully saturated rings. The van der Waals surface area contributed by atoms with Gasteiger partial charge in [-0.3, -0.25) is 9.59 Å². The number of hydrogen-bond acceptors (Lipinski definition) is 4. The van der Waals surface area contributed by atoms with E-state index in [9.17, 15) is 14.0 Å². The summed E-state index contributed by atoms with van der Waals surface area (Å²) in [5, 5.41) is 7.36. The van der Waals surface area contributed by atoms with E-state index in [0.717, 1.165) is 11.1 Å². The van der Waals surface area contributed by atoms with Crippen LogP contribution in [0, 0.1) is 12.7 Å². The monoisotopic (exact) mass is 397 g/mol. The smallest absolute Gasteiger partial charge is 0.271 e. The average Bonchev–Trinajstić information content (AvgIpc) is 2.69. The molecular formula is C21H20FN3O2S. The Balaban J connectivity index is 1.66. The van der Waals surface area contributed by atoms with Crippen LogP contribution in [0.4, 0.5) is 4.39 Å². The predicted octanol–water partition coefficient (Wildman–Crippen LogP) is 3.48. The van der Waals surface area contributed by atoms with Gasteiger partial charge < -0.3 is 5.32 Å². The van der Waals surface area contributed by atoms with Gasteiger partial charge in [-0.15, -0.1) is 0 Å². The van der Waals surface area contributed by atoms with E-state index < -0.39 is 5.25 Å². The van der Waals surface area contributed by atoms with Gasteiger partial charge in [-0.25, -0.2) is 4.39 Å². The molecule has 1 amide bonds. The second-order valence-electron chi connectivity index (χ2n) is 6.36. The fourth-order valence-corrected chi connectivity index (χ4v) is 3.33. The van der Waals surface area contributed by atoms with Crippen LogP contribution in [0.15, 0.2) is 70.5 Å². The van der Waals surface area contributed by atoms with Crippen LogP contribution in [-0.2, 0) is 11.3 Å². The molecule has 0 bridgehead atoms. The summed E-state index contributed by atoms with van der Waals surface area (Å²) in [6.07, 6.45) is 0. The van der Waals surface area contributed by atoms with Crippen molar-refractivity contribution in [3.8, 4) is 5.69 Å². The topological polar surface area (TPSA) is 64.0 Å². The minimum atomic E-state index is -0.406. The number of nitrogens with zero attached hydrogens (tertiary/aromatic N) is 2. The van der Waals surface area contributed by atoms with Gasteiger partial charge in [0, 0.05) is 12.6 Å². The molecule has 7 heteroatoms. The lowest BCUT2D eigenvalue weighted by atomic mass is 10.2. The van der Waals surface area contributed by atoms with Crippen LogP contribution in [0.1, 0.15) is 18.1 Å². The van der Waals surface area contributed by atoms with Gasteiger partial charge in [0.15, 0.2) is 0 Å². The summed E-state index contributed by atoms with van der Waals surface area (Å²) in [5.41, 5.74) is 2.35. The number of carbonyl (C=O) groups is 1. The highest BCUT2D eigenvalue weighted by molar-refractivity contribution is 8.00. The van der Waals surface area contributed by atoms with E-state index in [1.54, 1.807) is 25.1 Å². The molecule has 28 heavy (non-hydrogen) atoms. The Morgan fingerprint density at radius 2 is 1.79 bits per heavy atom. The first-order valence-electron chi connectivity index (χ1n) is 8.78. The van der Waals surface area contributed by atoms with Gasteiger partial charge >= 0.3 is 0 Å². The molecule has 3 aromatic rings. The molecule has 0 radical (unpaired) electrons. The normalized spacial score (nSPS) is 11.8. The largest absolute Gasteiger partial charge is 0.351 e. The molecule has 1 atom stereocenters. The second kappa shape index (κ2) is 8.84. The Kier molecular flexibility index (Phi) is 6.26. The van der Waals surface area contributed by atoms with Gasteiger partial charge in [0.2, 0.25) is 5.91 Å². The Labute approximate surface area is 166 Å². The lowest BCUT2D eigenvalue weighted by Gasteiger charge is -2.12. The summed E-state index contributed by atoms with van der Waals surface area (Å²) in [7, 11) is 0. The maximum Gasteiger partial charge on any atom is 0.271 e. The second-order valence-corrected chi connectivity index (χ2v) is 7.72. The summed E-state index contributed by atoms with van der Waals surface area (Å²) in [4.78, 5) is 24.5. The van der Waals surface area contributed by atoms with Crippen molar-refractivity contribution in [1.29, 1.82) is 0 Å². The first kappa shape index (κ1) is 19.8. The number of nitrogens with one attached hydrogen (secondary N) is 1. The molecule has 144 valence electrons. The van der Waals surface area contributed by atoms with Gasteiger partial charge in [-0.05, 0) is 49.7 Å². The predicted molar refractivity (Wildman–Crippen MR) is 108 cm³/mol. The van der Waals surface area contributed by atoms with Gasteiger partial charge in [0.1, 0.15) is 10.8 Å². The van der Waals surface area contributed by atoms with Gasteiger partial charge in [-0.2, -0.15) is 9.78 Å². The van der Waals surface area contributed by atoms with Gasteiger partial charge in [-0.1, -0.05) is 41.6 Å². The summed E-state index contributed by atoms with van der Waals surface area (Å²) in [6, 6.07) is 16.5. The highest BCUT2D eigenvalue weighted by Gasteiger charge is 2.16. The first-order valence-corrected chi connectivity index (χ1v) is 9.66. The Morgan fingerprint density at radius 3 is 2.46 bits per heavy atom. The summed E-state index contributed by atoms with van der Waals surface area (Å²) in [5.74, 6) is -0.474. The van der Waals surface area contributed by atoms with Crippen molar-refractivity contribution >= 4 is 17.7 Å². The van der Waals surface area contributed by atoms with Gasteiger partial charge in [0.05, 0.1) is 10.9 Å². The molecule has 2 aromatic carbocycles. The Morgan fingerprint density at radius 1 is 1.11 bits per heavy atom. The zero-order valence-electron chi connectivity index (χ0n) is 15.6. The number of rotatable bonds is 6. The van der Waals surface area contributed by atoms with Crippen molar-refractivity contribution in [3.63, 3.8) is 0 Å². The zero-order chi connectivity index (χ0) is 20.1. The number of aryl methyl sites for hydroxylation is 1. The quantitative estimate of drug-likeness (QED) is 0.647. The number of thioether (sulfide) groups is 1. The minimum Gasteiger partial charge on any atom is -0.351 e. The summed E-state index contributed by atoms with van der Waals surface area (Å²) >= 11 is 1.27. The minimum absolute atomic E-state index is 0.163. The molecule has 0 unspecified atom stereocenters. The number of amides is 1. The molecular weight excluding hydrogens is 377 g/mol. The van der Waals surface area contributed by atoms with E-state index in [1.165, 1.54) is 34.6 Å². The molecule has 0 saturated carbocycles. The van der Waals surface area contributed by atoms with Crippen molar-refractivity contribution in [1.82, 2.24) is 15.1 Å². The standard InChI is InChI=1S/C21H20FN3O2S/c1-14-3-9-18(10-4-14)25-20(26)12-11-19(24-25)28-15(2)21(27)23-13-16-5-7-17(22)8-6-16/h3-12,15H,13H2,1-2H3,(H,23,27)/t15-/m1/s1. The maximum atomic E-state index is 12.9. The van der Waals surface area contributed by atoms with E-state index in [1.807, 2.05) is 31.2 Å². The molecule has 0 saturated heterocycles. The maximum absolute atomic E-state index is 12.9. The fraction of sp³-hybridized carbons (Fsp3) is 0.190. The molecule has 1 aromatic heterocycles. The third kappa shape index (κ3) is 5.07. The molecule has 1 N–H and O–H groups in total. The van der Waals surface area contributed by atoms with Crippen LogP contribution >= 0.6 is 11.8 Å². The number of aromatic nitrogens is 2. The lowest BCUT2D eigenvalue weighted by Crippen LogP contribution is -2.30. The van der Waals surface area contributed by atoms with Crippen LogP contribution in [0.25, 0.3) is 5.69 Å². The van der Waals surface area contributed by atoms with Crippen molar-refractivity contribution in [3.05, 3.63) is 88.0 Å². The van der Waals surface area contributed by atoms with E-state index in [-0.39, 0.29) is 17.3 Å². The number of hydrogen-bond donors (Lipinski definition) is 1. The van der Waals surface area contributed by atoms with Crippen molar-refractivity contribution in [2.24, 2.45) is 0 Å². The lowest BCUT2D eigenvalue weighted by molar-refractivity contribution is -0.120.